The van der Waals surface area contributed by atoms with Crippen molar-refractivity contribution in [1.82, 2.24) is 4.90 Å². The lowest BCUT2D eigenvalue weighted by Crippen LogP contribution is -2.10. The molecule has 0 unspecified atom stereocenters. The summed E-state index contributed by atoms with van der Waals surface area (Å²) in [5.74, 6) is 0. The summed E-state index contributed by atoms with van der Waals surface area (Å²) in [7, 11) is 4.19. The van der Waals surface area contributed by atoms with Gasteiger partial charge in [0.05, 0.1) is 0 Å². The Balaban J connectivity index is 2.10. The summed E-state index contributed by atoms with van der Waals surface area (Å²) in [5, 5.41) is 2.75. The molecule has 0 N–H and O–H groups in total. The predicted molar refractivity (Wildman–Crippen MR) is 91.5 cm³/mol. The lowest BCUT2D eigenvalue weighted by molar-refractivity contribution is 0.457. The van der Waals surface area contributed by atoms with Crippen molar-refractivity contribution in [3.63, 3.8) is 0 Å². The van der Waals surface area contributed by atoms with Gasteiger partial charge in [0, 0.05) is 26.7 Å². The number of rotatable bonds is 3. The molecule has 1 aromatic heterocycles. The fraction of sp³-hybridized carbons (Fsp3) is 0.222. The molecule has 0 aliphatic carbocycles. The number of likely N-dealkylation sites (N-methyl/N-ethyl adjacent to an activating group) is 1. The molecule has 0 amide bonds. The monoisotopic (exact) mass is 281 g/mol. The highest BCUT2D eigenvalue weighted by Gasteiger charge is 2.05. The predicted octanol–water partition coefficient (Wildman–Crippen LogP) is 5.02. The zero-order chi connectivity index (χ0) is 14.1. The average Bonchev–Trinajstić information content (AvgIpc) is 2.82. The molecule has 0 bridgehead atoms. The summed E-state index contributed by atoms with van der Waals surface area (Å²) < 4.78 is 2.74. The third kappa shape index (κ3) is 2.49. The highest BCUT2D eigenvalue weighted by Crippen LogP contribution is 2.35. The van der Waals surface area contributed by atoms with E-state index in [0.29, 0.717) is 0 Å². The van der Waals surface area contributed by atoms with E-state index in [1.54, 1.807) is 0 Å². The number of hydrogen-bond acceptors (Lipinski definition) is 2. The Morgan fingerprint density at radius 1 is 1.05 bits per heavy atom. The molecule has 102 valence electrons. The van der Waals surface area contributed by atoms with Gasteiger partial charge in [0.25, 0.3) is 0 Å². The van der Waals surface area contributed by atoms with E-state index >= 15 is 0 Å². The maximum atomic E-state index is 2.33. The number of hydrogen-bond donors (Lipinski definition) is 0. The molecular formula is C18H19NS. The standard InChI is InChI=1S/C18H19NS/c1-13(10-11-19(2)3)14-8-9-18-16(12-14)15-6-4-5-7-17(15)20-18/h4-10,12H,11H2,1-3H3. The van der Waals surface area contributed by atoms with Crippen molar-refractivity contribution in [3.8, 4) is 0 Å². The van der Waals surface area contributed by atoms with Gasteiger partial charge >= 0.3 is 0 Å². The zero-order valence-corrected chi connectivity index (χ0v) is 13.0. The van der Waals surface area contributed by atoms with E-state index in [2.05, 4.69) is 74.5 Å². The lowest BCUT2D eigenvalue weighted by atomic mass is 10.0. The number of allylic oxidation sites excluding steroid dienone is 1. The third-order valence-corrected chi connectivity index (χ3v) is 4.75. The minimum atomic E-state index is 0.980. The van der Waals surface area contributed by atoms with E-state index in [1.807, 2.05) is 11.3 Å². The Hall–Kier alpha value is -1.64. The molecule has 0 spiro atoms. The van der Waals surface area contributed by atoms with Crippen LogP contribution < -0.4 is 0 Å². The second-order valence-electron chi connectivity index (χ2n) is 5.46. The van der Waals surface area contributed by atoms with Gasteiger partial charge in [0.2, 0.25) is 0 Å². The molecule has 0 radical (unpaired) electrons. The third-order valence-electron chi connectivity index (χ3n) is 3.59. The van der Waals surface area contributed by atoms with Gasteiger partial charge in [0.1, 0.15) is 0 Å². The minimum Gasteiger partial charge on any atom is -0.306 e. The Kier molecular flexibility index (Phi) is 3.60. The molecule has 2 aromatic carbocycles. The Morgan fingerprint density at radius 2 is 1.80 bits per heavy atom. The molecule has 0 aliphatic rings. The van der Waals surface area contributed by atoms with E-state index in [4.69, 9.17) is 0 Å². The van der Waals surface area contributed by atoms with Crippen LogP contribution in [0.1, 0.15) is 12.5 Å². The van der Waals surface area contributed by atoms with Crippen molar-refractivity contribution in [3.05, 3.63) is 54.1 Å². The Bertz CT molecular complexity index is 780. The van der Waals surface area contributed by atoms with Crippen LogP contribution in [-0.4, -0.2) is 25.5 Å². The van der Waals surface area contributed by atoms with Crippen LogP contribution in [0.2, 0.25) is 0 Å². The van der Waals surface area contributed by atoms with E-state index < -0.39 is 0 Å². The molecule has 1 heterocycles. The molecule has 3 aromatic rings. The van der Waals surface area contributed by atoms with Gasteiger partial charge in [-0.1, -0.05) is 30.3 Å². The van der Waals surface area contributed by atoms with Crippen molar-refractivity contribution in [2.24, 2.45) is 0 Å². The van der Waals surface area contributed by atoms with Crippen LogP contribution in [0.15, 0.2) is 48.5 Å². The Labute approximate surface area is 124 Å². The number of nitrogens with zero attached hydrogens (tertiary/aromatic N) is 1. The van der Waals surface area contributed by atoms with Crippen LogP contribution in [0.5, 0.6) is 0 Å². The van der Waals surface area contributed by atoms with Crippen LogP contribution in [-0.2, 0) is 0 Å². The molecule has 0 saturated carbocycles. The van der Waals surface area contributed by atoms with Gasteiger partial charge in [-0.05, 0) is 50.4 Å². The molecule has 20 heavy (non-hydrogen) atoms. The van der Waals surface area contributed by atoms with Crippen molar-refractivity contribution in [1.29, 1.82) is 0 Å². The summed E-state index contributed by atoms with van der Waals surface area (Å²) in [4.78, 5) is 2.18. The summed E-state index contributed by atoms with van der Waals surface area (Å²) in [6, 6.07) is 15.5. The van der Waals surface area contributed by atoms with Gasteiger partial charge in [0.15, 0.2) is 0 Å². The SMILES string of the molecule is CC(=CCN(C)C)c1ccc2sc3ccccc3c2c1. The van der Waals surface area contributed by atoms with E-state index in [9.17, 15) is 0 Å². The van der Waals surface area contributed by atoms with Crippen LogP contribution in [0.4, 0.5) is 0 Å². The molecule has 3 rings (SSSR count). The number of fused-ring (bicyclic) bond motifs is 3. The lowest BCUT2D eigenvalue weighted by Gasteiger charge is -2.07. The van der Waals surface area contributed by atoms with Crippen molar-refractivity contribution in [2.45, 2.75) is 6.92 Å². The molecule has 0 fully saturated rings. The number of benzene rings is 2. The second-order valence-corrected chi connectivity index (χ2v) is 6.54. The van der Waals surface area contributed by atoms with Gasteiger partial charge in [-0.15, -0.1) is 11.3 Å². The topological polar surface area (TPSA) is 3.24 Å². The highest BCUT2D eigenvalue weighted by atomic mass is 32.1. The fourth-order valence-electron chi connectivity index (χ4n) is 2.41. The van der Waals surface area contributed by atoms with E-state index in [-0.39, 0.29) is 0 Å². The maximum absolute atomic E-state index is 2.33. The molecule has 2 heteroatoms. The van der Waals surface area contributed by atoms with Crippen molar-refractivity contribution < 1.29 is 0 Å². The van der Waals surface area contributed by atoms with Crippen molar-refractivity contribution in [2.75, 3.05) is 20.6 Å². The molecular weight excluding hydrogens is 262 g/mol. The van der Waals surface area contributed by atoms with Crippen LogP contribution >= 0.6 is 11.3 Å². The number of thiophene rings is 1. The normalized spacial score (nSPS) is 12.7. The summed E-state index contributed by atoms with van der Waals surface area (Å²) in [6.45, 7) is 3.17. The molecule has 1 nitrogen and oxygen atoms in total. The average molecular weight is 281 g/mol. The van der Waals surface area contributed by atoms with Crippen LogP contribution in [0.25, 0.3) is 25.7 Å². The van der Waals surface area contributed by atoms with Gasteiger partial charge in [-0.25, -0.2) is 0 Å². The first-order valence-corrected chi connectivity index (χ1v) is 7.70. The molecule has 0 atom stereocenters. The van der Waals surface area contributed by atoms with E-state index in [0.717, 1.165) is 6.54 Å². The summed E-state index contributed by atoms with van der Waals surface area (Å²) in [6.07, 6.45) is 2.29. The fourth-order valence-corrected chi connectivity index (χ4v) is 3.50. The second kappa shape index (κ2) is 5.39. The van der Waals surface area contributed by atoms with Gasteiger partial charge < -0.3 is 4.90 Å². The van der Waals surface area contributed by atoms with Crippen LogP contribution in [0, 0.1) is 0 Å². The first kappa shape index (κ1) is 13.3. The molecule has 0 aliphatic heterocycles. The first-order chi connectivity index (χ1) is 9.65. The quantitative estimate of drug-likeness (QED) is 0.651. The van der Waals surface area contributed by atoms with E-state index in [1.165, 1.54) is 31.3 Å². The minimum absolute atomic E-state index is 0.980. The largest absolute Gasteiger partial charge is 0.306 e. The Morgan fingerprint density at radius 3 is 2.60 bits per heavy atom. The zero-order valence-electron chi connectivity index (χ0n) is 12.2. The van der Waals surface area contributed by atoms with Crippen LogP contribution in [0.3, 0.4) is 0 Å². The summed E-state index contributed by atoms with van der Waals surface area (Å²) >= 11 is 1.87. The summed E-state index contributed by atoms with van der Waals surface area (Å²) in [5.41, 5.74) is 2.67. The highest BCUT2D eigenvalue weighted by molar-refractivity contribution is 7.25. The first-order valence-electron chi connectivity index (χ1n) is 6.88. The van der Waals surface area contributed by atoms with Gasteiger partial charge in [-0.3, -0.25) is 0 Å². The smallest absolute Gasteiger partial charge is 0.0355 e. The van der Waals surface area contributed by atoms with Gasteiger partial charge in [-0.2, -0.15) is 0 Å². The molecule has 0 saturated heterocycles. The maximum Gasteiger partial charge on any atom is 0.0355 e. The van der Waals surface area contributed by atoms with Crippen molar-refractivity contribution >= 4 is 37.1 Å².